The second-order valence-corrected chi connectivity index (χ2v) is 4.27. The van der Waals surface area contributed by atoms with Crippen molar-refractivity contribution in [1.82, 2.24) is 5.32 Å². The Kier molecular flexibility index (Phi) is 9.34. The first-order valence-corrected chi connectivity index (χ1v) is 5.25. The number of aliphatic carboxylic acids is 1. The Morgan fingerprint density at radius 2 is 1.58 bits per heavy atom. The van der Waals surface area contributed by atoms with Crippen molar-refractivity contribution in [2.75, 3.05) is 13.2 Å². The smallest absolute Gasteiger partial charge is 0.481 e. The Labute approximate surface area is 109 Å². The van der Waals surface area contributed by atoms with Crippen LogP contribution >= 0.6 is 0 Å². The van der Waals surface area contributed by atoms with Gasteiger partial charge in [0.15, 0.2) is 0 Å². The number of carbonyl (C=O) groups is 3. The molecular formula is C10H19NO8. The number of hydrogen-bond donors (Lipinski definition) is 6. The van der Waals surface area contributed by atoms with Gasteiger partial charge in [-0.25, -0.2) is 4.79 Å². The Hall–Kier alpha value is -1.87. The molecule has 0 aromatic heterocycles. The quantitative estimate of drug-likeness (QED) is 0.367. The number of carbonyl (C=O) groups excluding carboxylic acids is 1. The standard InChI is InChI=1S/C9H17NO5.CH2O3/c1-9(2,5-11)7(14)8(15)10-4-3-6(12)13;2-1(3)4/h7,11,14H,3-5H2,1-2H3,(H,10,15)(H,12,13);(H2,2,3,4)/t7-;/m1./s1. The largest absolute Gasteiger partial charge is 0.503 e. The van der Waals surface area contributed by atoms with Gasteiger partial charge in [-0.2, -0.15) is 0 Å². The highest BCUT2D eigenvalue weighted by atomic mass is 16.6. The molecule has 0 saturated heterocycles. The zero-order chi connectivity index (χ0) is 15.6. The fourth-order valence-electron chi connectivity index (χ4n) is 0.831. The van der Waals surface area contributed by atoms with Crippen LogP contribution in [0.1, 0.15) is 20.3 Å². The minimum Gasteiger partial charge on any atom is -0.481 e. The first kappa shape index (κ1) is 19.5. The van der Waals surface area contributed by atoms with Crippen molar-refractivity contribution in [2.45, 2.75) is 26.4 Å². The van der Waals surface area contributed by atoms with E-state index < -0.39 is 29.6 Å². The van der Waals surface area contributed by atoms with Crippen LogP contribution in [-0.2, 0) is 9.59 Å². The highest BCUT2D eigenvalue weighted by Gasteiger charge is 2.32. The van der Waals surface area contributed by atoms with E-state index in [1.165, 1.54) is 13.8 Å². The van der Waals surface area contributed by atoms with E-state index in [0.717, 1.165) is 0 Å². The predicted molar refractivity (Wildman–Crippen MR) is 62.8 cm³/mol. The molecule has 0 radical (unpaired) electrons. The summed E-state index contributed by atoms with van der Waals surface area (Å²) in [5.41, 5.74) is -0.937. The molecule has 9 heteroatoms. The van der Waals surface area contributed by atoms with Crippen LogP contribution in [0.2, 0.25) is 0 Å². The maximum Gasteiger partial charge on any atom is 0.503 e. The average Bonchev–Trinajstić information content (AvgIpc) is 2.26. The van der Waals surface area contributed by atoms with E-state index in [1.54, 1.807) is 0 Å². The van der Waals surface area contributed by atoms with E-state index in [4.69, 9.17) is 25.2 Å². The molecule has 1 atom stereocenters. The Morgan fingerprint density at radius 1 is 1.16 bits per heavy atom. The minimum absolute atomic E-state index is 0.0350. The van der Waals surface area contributed by atoms with Crippen LogP contribution in [-0.4, -0.2) is 62.8 Å². The van der Waals surface area contributed by atoms with Crippen molar-refractivity contribution < 1.29 is 39.9 Å². The molecule has 0 aromatic rings. The number of nitrogens with one attached hydrogen (secondary N) is 1. The first-order chi connectivity index (χ1) is 8.54. The summed E-state index contributed by atoms with van der Waals surface area (Å²) in [6, 6.07) is 0. The second-order valence-electron chi connectivity index (χ2n) is 4.27. The summed E-state index contributed by atoms with van der Waals surface area (Å²) >= 11 is 0. The van der Waals surface area contributed by atoms with Crippen LogP contribution in [0.25, 0.3) is 0 Å². The predicted octanol–water partition coefficient (Wildman–Crippen LogP) is -0.821. The maximum atomic E-state index is 11.3. The molecule has 112 valence electrons. The molecule has 0 rings (SSSR count). The van der Waals surface area contributed by atoms with E-state index >= 15 is 0 Å². The van der Waals surface area contributed by atoms with Gasteiger partial charge in [0.05, 0.1) is 13.0 Å². The third kappa shape index (κ3) is 11.0. The lowest BCUT2D eigenvalue weighted by atomic mass is 9.87. The summed E-state index contributed by atoms with van der Waals surface area (Å²) in [6.45, 7) is 2.70. The monoisotopic (exact) mass is 281 g/mol. The molecule has 0 fully saturated rings. The summed E-state index contributed by atoms with van der Waals surface area (Å²) in [4.78, 5) is 30.0. The molecule has 0 aliphatic rings. The lowest BCUT2D eigenvalue weighted by Crippen LogP contribution is -2.45. The lowest BCUT2D eigenvalue weighted by molar-refractivity contribution is -0.138. The van der Waals surface area contributed by atoms with Crippen molar-refractivity contribution >= 4 is 18.0 Å². The molecule has 1 amide bonds. The van der Waals surface area contributed by atoms with Crippen molar-refractivity contribution in [3.8, 4) is 0 Å². The molecule has 0 spiro atoms. The summed E-state index contributed by atoms with van der Waals surface area (Å²) in [5.74, 6) is -1.69. The lowest BCUT2D eigenvalue weighted by Gasteiger charge is -2.26. The molecule has 0 bridgehead atoms. The average molecular weight is 281 g/mol. The maximum absolute atomic E-state index is 11.3. The molecular weight excluding hydrogens is 262 g/mol. The number of aliphatic hydroxyl groups is 2. The molecule has 9 nitrogen and oxygen atoms in total. The highest BCUT2D eigenvalue weighted by Crippen LogP contribution is 2.19. The van der Waals surface area contributed by atoms with E-state index in [1.807, 2.05) is 0 Å². The normalized spacial score (nSPS) is 11.8. The summed E-state index contributed by atoms with van der Waals surface area (Å²) in [6.07, 6.45) is -3.38. The Balaban J connectivity index is 0. The zero-order valence-corrected chi connectivity index (χ0v) is 10.7. The summed E-state index contributed by atoms with van der Waals surface area (Å²) in [5, 5.41) is 42.9. The van der Waals surface area contributed by atoms with Gasteiger partial charge in [0, 0.05) is 12.0 Å². The summed E-state index contributed by atoms with van der Waals surface area (Å²) < 4.78 is 0. The van der Waals surface area contributed by atoms with Crippen molar-refractivity contribution in [3.05, 3.63) is 0 Å². The molecule has 0 aromatic carbocycles. The van der Waals surface area contributed by atoms with Crippen LogP contribution in [0, 0.1) is 5.41 Å². The van der Waals surface area contributed by atoms with Gasteiger partial charge >= 0.3 is 12.1 Å². The van der Waals surface area contributed by atoms with Crippen LogP contribution in [0.3, 0.4) is 0 Å². The van der Waals surface area contributed by atoms with Gasteiger partial charge < -0.3 is 30.8 Å². The molecule has 19 heavy (non-hydrogen) atoms. The van der Waals surface area contributed by atoms with Crippen molar-refractivity contribution in [2.24, 2.45) is 5.41 Å². The second kappa shape index (κ2) is 9.11. The SMILES string of the molecule is CC(C)(CO)[C@H](O)C(=O)NCCC(=O)O.O=C(O)O. The zero-order valence-electron chi connectivity index (χ0n) is 10.7. The molecule has 0 aliphatic heterocycles. The topological polar surface area (TPSA) is 164 Å². The van der Waals surface area contributed by atoms with Crippen LogP contribution in [0.4, 0.5) is 4.79 Å². The fraction of sp³-hybridized carbons (Fsp3) is 0.700. The molecule has 6 N–H and O–H groups in total. The number of rotatable bonds is 6. The fourth-order valence-corrected chi connectivity index (χ4v) is 0.831. The van der Waals surface area contributed by atoms with Gasteiger partial charge in [0.25, 0.3) is 0 Å². The number of amides is 1. The van der Waals surface area contributed by atoms with Gasteiger partial charge in [-0.1, -0.05) is 13.8 Å². The minimum atomic E-state index is -1.83. The van der Waals surface area contributed by atoms with Gasteiger partial charge in [-0.05, 0) is 0 Å². The van der Waals surface area contributed by atoms with E-state index in [-0.39, 0.29) is 19.6 Å². The number of hydrogen-bond acceptors (Lipinski definition) is 5. The Morgan fingerprint density at radius 3 is 1.89 bits per heavy atom. The third-order valence-electron chi connectivity index (χ3n) is 2.03. The number of carboxylic acids is 1. The van der Waals surface area contributed by atoms with Gasteiger partial charge in [0.1, 0.15) is 6.10 Å². The molecule has 0 unspecified atom stereocenters. The third-order valence-corrected chi connectivity index (χ3v) is 2.03. The molecule has 0 heterocycles. The van der Waals surface area contributed by atoms with Crippen LogP contribution < -0.4 is 5.32 Å². The van der Waals surface area contributed by atoms with Crippen LogP contribution in [0.5, 0.6) is 0 Å². The molecule has 0 saturated carbocycles. The van der Waals surface area contributed by atoms with Crippen molar-refractivity contribution in [3.63, 3.8) is 0 Å². The van der Waals surface area contributed by atoms with E-state index in [0.29, 0.717) is 0 Å². The van der Waals surface area contributed by atoms with Crippen molar-refractivity contribution in [1.29, 1.82) is 0 Å². The van der Waals surface area contributed by atoms with Gasteiger partial charge in [-0.3, -0.25) is 9.59 Å². The molecule has 0 aliphatic carbocycles. The Bertz CT molecular complexity index is 311. The van der Waals surface area contributed by atoms with E-state index in [2.05, 4.69) is 5.32 Å². The summed E-state index contributed by atoms with van der Waals surface area (Å²) in [7, 11) is 0. The first-order valence-electron chi connectivity index (χ1n) is 5.25. The number of aliphatic hydroxyl groups excluding tert-OH is 2. The number of carboxylic acid groups (broad SMARTS) is 3. The highest BCUT2D eigenvalue weighted by molar-refractivity contribution is 5.81. The van der Waals surface area contributed by atoms with Gasteiger partial charge in [-0.15, -0.1) is 0 Å². The van der Waals surface area contributed by atoms with Crippen LogP contribution in [0.15, 0.2) is 0 Å². The van der Waals surface area contributed by atoms with E-state index in [9.17, 15) is 14.7 Å². The van der Waals surface area contributed by atoms with Gasteiger partial charge in [0.2, 0.25) is 5.91 Å².